The first-order valence-corrected chi connectivity index (χ1v) is 7.45. The van der Waals surface area contributed by atoms with Gasteiger partial charge in [-0.2, -0.15) is 0 Å². The first-order chi connectivity index (χ1) is 9.61. The van der Waals surface area contributed by atoms with Gasteiger partial charge in [0.1, 0.15) is 12.6 Å². The molecule has 2 saturated heterocycles. The first-order valence-electron chi connectivity index (χ1n) is 7.45. The standard InChI is InChI=1S/C14H23N3O3/c1-2-11-14(20)16-12(18)9-17(11)13(19)4-3-10-5-7-15-8-6-10/h10-11,15H,2-9H2,1H3,(H,16,18,20). The minimum Gasteiger partial charge on any atom is -0.321 e. The van der Waals surface area contributed by atoms with E-state index < -0.39 is 6.04 Å². The molecule has 0 aliphatic carbocycles. The summed E-state index contributed by atoms with van der Waals surface area (Å²) in [5, 5.41) is 5.59. The van der Waals surface area contributed by atoms with E-state index in [0.29, 0.717) is 18.8 Å². The Morgan fingerprint density at radius 2 is 2.00 bits per heavy atom. The van der Waals surface area contributed by atoms with E-state index in [1.165, 1.54) is 4.90 Å². The molecule has 2 aliphatic rings. The van der Waals surface area contributed by atoms with Crippen LogP contribution in [0, 0.1) is 5.92 Å². The van der Waals surface area contributed by atoms with Crippen molar-refractivity contribution in [1.29, 1.82) is 0 Å². The molecular weight excluding hydrogens is 258 g/mol. The van der Waals surface area contributed by atoms with Gasteiger partial charge in [-0.3, -0.25) is 19.7 Å². The Kier molecular flexibility index (Phi) is 5.11. The molecule has 0 bridgehead atoms. The number of carbonyl (C=O) groups is 3. The molecule has 6 nitrogen and oxygen atoms in total. The molecule has 2 fully saturated rings. The third kappa shape index (κ3) is 3.56. The Bertz CT molecular complexity index is 391. The van der Waals surface area contributed by atoms with Crippen LogP contribution in [0.2, 0.25) is 0 Å². The molecule has 2 aliphatic heterocycles. The highest BCUT2D eigenvalue weighted by Crippen LogP contribution is 2.19. The predicted molar refractivity (Wildman–Crippen MR) is 73.8 cm³/mol. The molecule has 6 heteroatoms. The maximum absolute atomic E-state index is 12.3. The third-order valence-corrected chi connectivity index (χ3v) is 4.19. The van der Waals surface area contributed by atoms with Gasteiger partial charge in [0, 0.05) is 6.42 Å². The Balaban J connectivity index is 1.88. The molecule has 0 aromatic rings. The Hall–Kier alpha value is -1.43. The van der Waals surface area contributed by atoms with Gasteiger partial charge in [-0.15, -0.1) is 0 Å². The lowest BCUT2D eigenvalue weighted by molar-refractivity contribution is -0.150. The summed E-state index contributed by atoms with van der Waals surface area (Å²) in [4.78, 5) is 36.9. The summed E-state index contributed by atoms with van der Waals surface area (Å²) < 4.78 is 0. The normalized spacial score (nSPS) is 24.6. The SMILES string of the molecule is CCC1C(=O)NC(=O)CN1C(=O)CCC1CCNCC1. The number of amides is 3. The van der Waals surface area contributed by atoms with Gasteiger partial charge < -0.3 is 10.2 Å². The zero-order valence-electron chi connectivity index (χ0n) is 12.0. The monoisotopic (exact) mass is 281 g/mol. The van der Waals surface area contributed by atoms with Crippen molar-refractivity contribution in [2.75, 3.05) is 19.6 Å². The molecule has 0 saturated carbocycles. The number of nitrogens with one attached hydrogen (secondary N) is 2. The largest absolute Gasteiger partial charge is 0.321 e. The first kappa shape index (κ1) is 15.0. The summed E-state index contributed by atoms with van der Waals surface area (Å²) in [6.07, 6.45) is 4.02. The van der Waals surface area contributed by atoms with Crippen molar-refractivity contribution in [2.45, 2.75) is 45.1 Å². The lowest BCUT2D eigenvalue weighted by Gasteiger charge is -2.34. The van der Waals surface area contributed by atoms with Crippen LogP contribution in [0.4, 0.5) is 0 Å². The summed E-state index contributed by atoms with van der Waals surface area (Å²) in [5.74, 6) is -0.220. The second kappa shape index (κ2) is 6.83. The van der Waals surface area contributed by atoms with Crippen molar-refractivity contribution in [1.82, 2.24) is 15.5 Å². The lowest BCUT2D eigenvalue weighted by atomic mass is 9.92. The summed E-state index contributed by atoms with van der Waals surface area (Å²) in [6.45, 7) is 3.89. The van der Waals surface area contributed by atoms with Crippen molar-refractivity contribution in [3.05, 3.63) is 0 Å². The molecule has 2 rings (SSSR count). The highest BCUT2D eigenvalue weighted by Gasteiger charge is 2.35. The van der Waals surface area contributed by atoms with E-state index in [-0.39, 0.29) is 24.3 Å². The van der Waals surface area contributed by atoms with Gasteiger partial charge in [0.2, 0.25) is 17.7 Å². The van der Waals surface area contributed by atoms with Gasteiger partial charge in [0.05, 0.1) is 0 Å². The van der Waals surface area contributed by atoms with Gasteiger partial charge in [-0.25, -0.2) is 0 Å². The third-order valence-electron chi connectivity index (χ3n) is 4.19. The number of piperidine rings is 1. The molecule has 0 aromatic carbocycles. The van der Waals surface area contributed by atoms with E-state index in [4.69, 9.17) is 0 Å². The van der Waals surface area contributed by atoms with Crippen LogP contribution in [0.5, 0.6) is 0 Å². The summed E-state index contributed by atoms with van der Waals surface area (Å²) in [5.41, 5.74) is 0. The molecule has 0 radical (unpaired) electrons. The van der Waals surface area contributed by atoms with Crippen LogP contribution < -0.4 is 10.6 Å². The van der Waals surface area contributed by atoms with Crippen molar-refractivity contribution >= 4 is 17.7 Å². The second-order valence-corrected chi connectivity index (χ2v) is 5.59. The quantitative estimate of drug-likeness (QED) is 0.713. The molecule has 1 atom stereocenters. The van der Waals surface area contributed by atoms with E-state index in [1.807, 2.05) is 6.92 Å². The van der Waals surface area contributed by atoms with E-state index in [9.17, 15) is 14.4 Å². The van der Waals surface area contributed by atoms with Crippen LogP contribution in [0.25, 0.3) is 0 Å². The average Bonchev–Trinajstić information content (AvgIpc) is 2.45. The minimum absolute atomic E-state index is 0.00923. The predicted octanol–water partition coefficient (Wildman–Crippen LogP) is 0.0298. The van der Waals surface area contributed by atoms with Gasteiger partial charge in [0.25, 0.3) is 0 Å². The van der Waals surface area contributed by atoms with Gasteiger partial charge >= 0.3 is 0 Å². The number of piperazine rings is 1. The smallest absolute Gasteiger partial charge is 0.249 e. The zero-order valence-corrected chi connectivity index (χ0v) is 12.0. The molecule has 0 aromatic heterocycles. The minimum atomic E-state index is -0.492. The number of rotatable bonds is 4. The number of hydrogen-bond donors (Lipinski definition) is 2. The molecule has 2 N–H and O–H groups in total. The van der Waals surface area contributed by atoms with Crippen molar-refractivity contribution in [3.63, 3.8) is 0 Å². The fourth-order valence-electron chi connectivity index (χ4n) is 2.98. The number of carbonyl (C=O) groups excluding carboxylic acids is 3. The second-order valence-electron chi connectivity index (χ2n) is 5.59. The zero-order chi connectivity index (χ0) is 14.5. The topological polar surface area (TPSA) is 78.5 Å². The lowest BCUT2D eigenvalue weighted by Crippen LogP contribution is -2.59. The van der Waals surface area contributed by atoms with Crippen LogP contribution in [0.1, 0.15) is 39.0 Å². The van der Waals surface area contributed by atoms with Gasteiger partial charge in [0.15, 0.2) is 0 Å². The van der Waals surface area contributed by atoms with Crippen molar-refractivity contribution in [3.8, 4) is 0 Å². The van der Waals surface area contributed by atoms with Crippen LogP contribution in [0.15, 0.2) is 0 Å². The molecule has 2 heterocycles. The Morgan fingerprint density at radius 3 is 2.65 bits per heavy atom. The van der Waals surface area contributed by atoms with Crippen LogP contribution in [-0.2, 0) is 14.4 Å². The van der Waals surface area contributed by atoms with Crippen molar-refractivity contribution in [2.24, 2.45) is 5.92 Å². The highest BCUT2D eigenvalue weighted by molar-refractivity contribution is 6.04. The van der Waals surface area contributed by atoms with Crippen LogP contribution in [-0.4, -0.2) is 48.3 Å². The Morgan fingerprint density at radius 1 is 1.30 bits per heavy atom. The number of imide groups is 1. The summed E-state index contributed by atoms with van der Waals surface area (Å²) in [6, 6.07) is -0.492. The van der Waals surface area contributed by atoms with E-state index in [1.54, 1.807) is 0 Å². The van der Waals surface area contributed by atoms with Gasteiger partial charge in [-0.1, -0.05) is 6.92 Å². The average molecular weight is 281 g/mol. The number of nitrogens with zero attached hydrogens (tertiary/aromatic N) is 1. The van der Waals surface area contributed by atoms with Crippen molar-refractivity contribution < 1.29 is 14.4 Å². The molecule has 112 valence electrons. The Labute approximate surface area is 119 Å². The van der Waals surface area contributed by atoms with Crippen LogP contribution in [0.3, 0.4) is 0 Å². The van der Waals surface area contributed by atoms with E-state index in [2.05, 4.69) is 10.6 Å². The molecule has 0 spiro atoms. The van der Waals surface area contributed by atoms with E-state index in [0.717, 1.165) is 32.4 Å². The number of hydrogen-bond acceptors (Lipinski definition) is 4. The fourth-order valence-corrected chi connectivity index (χ4v) is 2.98. The maximum Gasteiger partial charge on any atom is 0.249 e. The van der Waals surface area contributed by atoms with E-state index >= 15 is 0 Å². The maximum atomic E-state index is 12.3. The highest BCUT2D eigenvalue weighted by atomic mass is 16.2. The summed E-state index contributed by atoms with van der Waals surface area (Å²) in [7, 11) is 0. The fraction of sp³-hybridized carbons (Fsp3) is 0.786. The summed E-state index contributed by atoms with van der Waals surface area (Å²) >= 11 is 0. The van der Waals surface area contributed by atoms with Crippen LogP contribution >= 0.6 is 0 Å². The van der Waals surface area contributed by atoms with Gasteiger partial charge in [-0.05, 0) is 44.7 Å². The molecule has 3 amide bonds. The molecule has 20 heavy (non-hydrogen) atoms. The molecular formula is C14H23N3O3. The molecule has 1 unspecified atom stereocenters.